The number of nitrogens with one attached hydrogen (secondary N) is 1. The third kappa shape index (κ3) is 2.99. The molecule has 0 aliphatic heterocycles. The fourth-order valence-corrected chi connectivity index (χ4v) is 3.79. The first-order valence-corrected chi connectivity index (χ1v) is 8.35. The molecule has 0 saturated heterocycles. The van der Waals surface area contributed by atoms with Crippen molar-refractivity contribution in [2.75, 3.05) is 23.9 Å². The number of hydrogen-bond donors (Lipinski definition) is 2. The molecule has 3 aromatic rings. The number of hydrazine groups is 1. The normalized spacial score (nSPS) is 11.0. The molecule has 0 spiro atoms. The van der Waals surface area contributed by atoms with E-state index < -0.39 is 0 Å². The van der Waals surface area contributed by atoms with E-state index in [2.05, 4.69) is 57.8 Å². The van der Waals surface area contributed by atoms with Crippen LogP contribution in [0, 0.1) is 6.92 Å². The fraction of sp³-hybridized carbons (Fsp3) is 0.286. The molecule has 21 heavy (non-hydrogen) atoms. The average Bonchev–Trinajstić information content (AvgIpc) is 3.11. The molecule has 0 atom stereocenters. The molecule has 3 N–H and O–H groups in total. The van der Waals surface area contributed by atoms with Crippen molar-refractivity contribution < 1.29 is 0 Å². The van der Waals surface area contributed by atoms with Crippen LogP contribution in [0.1, 0.15) is 9.75 Å². The van der Waals surface area contributed by atoms with Gasteiger partial charge in [0.05, 0.1) is 5.39 Å². The second-order valence-corrected chi connectivity index (χ2v) is 7.11. The number of fused-ring (bicyclic) bond motifs is 1. The zero-order valence-electron chi connectivity index (χ0n) is 12.0. The van der Waals surface area contributed by atoms with Gasteiger partial charge in [0.2, 0.25) is 5.95 Å². The van der Waals surface area contributed by atoms with E-state index in [1.54, 1.807) is 22.7 Å². The Morgan fingerprint density at radius 1 is 1.38 bits per heavy atom. The first kappa shape index (κ1) is 14.2. The Bertz CT molecular complexity index is 735. The lowest BCUT2D eigenvalue weighted by Gasteiger charge is -2.19. The number of nitrogens with zero attached hydrogens (tertiary/aromatic N) is 3. The molecule has 3 rings (SSSR count). The number of aryl methyl sites for hydroxylation is 1. The molecule has 0 aromatic carbocycles. The summed E-state index contributed by atoms with van der Waals surface area (Å²) in [6.45, 7) is 2.99. The largest absolute Gasteiger partial charge is 0.359 e. The highest BCUT2D eigenvalue weighted by atomic mass is 32.1. The minimum atomic E-state index is 0.460. The summed E-state index contributed by atoms with van der Waals surface area (Å²) in [5, 5.41) is 3.20. The van der Waals surface area contributed by atoms with Crippen molar-refractivity contribution in [3.05, 3.63) is 33.3 Å². The number of aromatic nitrogens is 2. The van der Waals surface area contributed by atoms with Crippen molar-refractivity contribution in [2.24, 2.45) is 5.84 Å². The molecule has 0 bridgehead atoms. The topological polar surface area (TPSA) is 67.1 Å². The molecule has 5 nitrogen and oxygen atoms in total. The quantitative estimate of drug-likeness (QED) is 0.559. The van der Waals surface area contributed by atoms with Crippen LogP contribution in [0.4, 0.5) is 11.8 Å². The van der Waals surface area contributed by atoms with Crippen molar-refractivity contribution in [2.45, 2.75) is 13.3 Å². The van der Waals surface area contributed by atoms with E-state index in [4.69, 9.17) is 5.84 Å². The molecule has 7 heteroatoms. The maximum absolute atomic E-state index is 5.48. The van der Waals surface area contributed by atoms with Crippen LogP contribution in [0.15, 0.2) is 23.6 Å². The summed E-state index contributed by atoms with van der Waals surface area (Å²) < 4.78 is 0. The summed E-state index contributed by atoms with van der Waals surface area (Å²) in [5.41, 5.74) is 2.55. The maximum atomic E-state index is 5.48. The lowest BCUT2D eigenvalue weighted by atomic mass is 10.3. The van der Waals surface area contributed by atoms with Crippen molar-refractivity contribution in [1.82, 2.24) is 9.97 Å². The minimum absolute atomic E-state index is 0.460. The second kappa shape index (κ2) is 5.97. The first-order valence-electron chi connectivity index (χ1n) is 6.65. The van der Waals surface area contributed by atoms with Crippen molar-refractivity contribution in [3.63, 3.8) is 0 Å². The SMILES string of the molecule is Cc1cc2c(N(C)CCc3cccs3)nc(NN)nc2s1. The Morgan fingerprint density at radius 3 is 2.95 bits per heavy atom. The summed E-state index contributed by atoms with van der Waals surface area (Å²) >= 11 is 3.44. The summed E-state index contributed by atoms with van der Waals surface area (Å²) in [5.74, 6) is 6.87. The molecule has 0 saturated carbocycles. The first-order chi connectivity index (χ1) is 10.2. The Labute approximate surface area is 131 Å². The predicted octanol–water partition coefficient (Wildman–Crippen LogP) is 3.03. The van der Waals surface area contributed by atoms with Gasteiger partial charge < -0.3 is 4.90 Å². The number of thiophene rings is 2. The zero-order chi connectivity index (χ0) is 14.8. The fourth-order valence-electron chi connectivity index (χ4n) is 2.22. The molecule has 0 unspecified atom stereocenters. The van der Waals surface area contributed by atoms with Gasteiger partial charge in [-0.15, -0.1) is 22.7 Å². The second-order valence-electron chi connectivity index (χ2n) is 4.84. The highest BCUT2D eigenvalue weighted by Gasteiger charge is 2.13. The van der Waals surface area contributed by atoms with Gasteiger partial charge >= 0.3 is 0 Å². The van der Waals surface area contributed by atoms with E-state index in [1.165, 1.54) is 9.75 Å². The van der Waals surface area contributed by atoms with Gasteiger partial charge in [-0.2, -0.15) is 4.98 Å². The maximum Gasteiger partial charge on any atom is 0.240 e. The van der Waals surface area contributed by atoms with Crippen LogP contribution in [0.5, 0.6) is 0 Å². The van der Waals surface area contributed by atoms with Crippen molar-refractivity contribution >= 4 is 44.7 Å². The van der Waals surface area contributed by atoms with Gasteiger partial charge in [-0.3, -0.25) is 5.43 Å². The molecule has 3 heterocycles. The lowest BCUT2D eigenvalue weighted by molar-refractivity contribution is 0.872. The molecule has 0 aliphatic carbocycles. The Hall–Kier alpha value is -1.70. The summed E-state index contributed by atoms with van der Waals surface area (Å²) in [4.78, 5) is 14.7. The third-order valence-corrected chi connectivity index (χ3v) is 5.14. The molecule has 3 aromatic heterocycles. The molecule has 0 radical (unpaired) electrons. The van der Waals surface area contributed by atoms with E-state index in [0.29, 0.717) is 5.95 Å². The summed E-state index contributed by atoms with van der Waals surface area (Å²) in [6, 6.07) is 6.38. The summed E-state index contributed by atoms with van der Waals surface area (Å²) in [7, 11) is 2.06. The van der Waals surface area contributed by atoms with E-state index in [0.717, 1.165) is 29.0 Å². The van der Waals surface area contributed by atoms with Gasteiger partial charge in [0.15, 0.2) is 0 Å². The van der Waals surface area contributed by atoms with Gasteiger partial charge in [-0.05, 0) is 30.9 Å². The standard InChI is InChI=1S/C14H17N5S2/c1-9-8-11-12(16-14(18-15)17-13(11)21-9)19(2)6-5-10-4-3-7-20-10/h3-4,7-8H,5-6,15H2,1-2H3,(H,16,17,18). The highest BCUT2D eigenvalue weighted by molar-refractivity contribution is 7.18. The third-order valence-electron chi connectivity index (χ3n) is 3.26. The average molecular weight is 319 g/mol. The minimum Gasteiger partial charge on any atom is -0.359 e. The van der Waals surface area contributed by atoms with Gasteiger partial charge in [0.25, 0.3) is 0 Å². The van der Waals surface area contributed by atoms with Crippen LogP contribution in [-0.4, -0.2) is 23.6 Å². The molecular weight excluding hydrogens is 302 g/mol. The van der Waals surface area contributed by atoms with E-state index in [9.17, 15) is 0 Å². The van der Waals surface area contributed by atoms with Gasteiger partial charge in [-0.25, -0.2) is 10.8 Å². The number of likely N-dealkylation sites (N-methyl/N-ethyl adjacent to an activating group) is 1. The van der Waals surface area contributed by atoms with Crippen LogP contribution in [0.2, 0.25) is 0 Å². The van der Waals surface area contributed by atoms with E-state index >= 15 is 0 Å². The van der Waals surface area contributed by atoms with Crippen molar-refractivity contribution in [1.29, 1.82) is 0 Å². The van der Waals surface area contributed by atoms with Crippen molar-refractivity contribution in [3.8, 4) is 0 Å². The number of anilines is 2. The highest BCUT2D eigenvalue weighted by Crippen LogP contribution is 2.31. The monoisotopic (exact) mass is 319 g/mol. The smallest absolute Gasteiger partial charge is 0.240 e. The molecule has 0 fully saturated rings. The Morgan fingerprint density at radius 2 is 2.24 bits per heavy atom. The number of nitrogens with two attached hydrogens (primary N) is 1. The predicted molar refractivity (Wildman–Crippen MR) is 91.3 cm³/mol. The van der Waals surface area contributed by atoms with E-state index in [-0.39, 0.29) is 0 Å². The van der Waals surface area contributed by atoms with Crippen LogP contribution < -0.4 is 16.2 Å². The molecular formula is C14H17N5S2. The van der Waals surface area contributed by atoms with Crippen LogP contribution >= 0.6 is 22.7 Å². The Kier molecular flexibility index (Phi) is 4.05. The van der Waals surface area contributed by atoms with Gasteiger partial charge in [0.1, 0.15) is 10.6 Å². The van der Waals surface area contributed by atoms with E-state index in [1.807, 2.05) is 0 Å². The zero-order valence-corrected chi connectivity index (χ0v) is 13.6. The molecule has 0 aliphatic rings. The van der Waals surface area contributed by atoms with Crippen LogP contribution in [-0.2, 0) is 6.42 Å². The van der Waals surface area contributed by atoms with Crippen LogP contribution in [0.25, 0.3) is 10.2 Å². The number of rotatable bonds is 5. The van der Waals surface area contributed by atoms with Gasteiger partial charge in [-0.1, -0.05) is 6.07 Å². The van der Waals surface area contributed by atoms with Gasteiger partial charge in [0, 0.05) is 23.3 Å². The van der Waals surface area contributed by atoms with Crippen LogP contribution in [0.3, 0.4) is 0 Å². The molecule has 0 amide bonds. The summed E-state index contributed by atoms with van der Waals surface area (Å²) in [6.07, 6.45) is 1.01. The Balaban J connectivity index is 1.90. The molecule has 110 valence electrons. The number of hydrogen-bond acceptors (Lipinski definition) is 7. The number of nitrogen functional groups attached to an aromatic ring is 1. The lowest BCUT2D eigenvalue weighted by Crippen LogP contribution is -2.22.